The van der Waals surface area contributed by atoms with Crippen molar-refractivity contribution in [3.8, 4) is 0 Å². The number of carbonyl (C=O) groups excluding carboxylic acids is 2. The minimum absolute atomic E-state index is 0.0367. The van der Waals surface area contributed by atoms with Gasteiger partial charge in [-0.05, 0) is 19.1 Å². The van der Waals surface area contributed by atoms with Gasteiger partial charge in [0.25, 0.3) is 0 Å². The topological polar surface area (TPSA) is 49.4 Å². The van der Waals surface area contributed by atoms with E-state index in [2.05, 4.69) is 5.32 Å². The molecule has 0 fully saturated rings. The highest BCUT2D eigenvalue weighted by Gasteiger charge is 2.08. The third kappa shape index (κ3) is 3.09. The summed E-state index contributed by atoms with van der Waals surface area (Å²) >= 11 is 0. The van der Waals surface area contributed by atoms with Gasteiger partial charge in [0.1, 0.15) is 6.29 Å². The molecule has 0 heterocycles. The van der Waals surface area contributed by atoms with Gasteiger partial charge in [-0.2, -0.15) is 0 Å². The summed E-state index contributed by atoms with van der Waals surface area (Å²) in [7, 11) is 1.66. The first kappa shape index (κ1) is 11.2. The summed E-state index contributed by atoms with van der Waals surface area (Å²) in [6, 6.07) is 7.29. The van der Waals surface area contributed by atoms with E-state index < -0.39 is 0 Å². The van der Waals surface area contributed by atoms with E-state index in [1.807, 2.05) is 31.2 Å². The fourth-order valence-electron chi connectivity index (χ4n) is 1.13. The highest BCUT2D eigenvalue weighted by Crippen LogP contribution is 2.12. The number of aldehydes is 1. The Balaban J connectivity index is 2.67. The Morgan fingerprint density at radius 2 is 2.00 bits per heavy atom. The molecule has 15 heavy (non-hydrogen) atoms. The molecule has 0 saturated carbocycles. The number of amides is 2. The number of hydrogen-bond donors (Lipinski definition) is 1. The molecular formula is C11H14N2O2. The molecule has 0 aromatic heterocycles. The van der Waals surface area contributed by atoms with Gasteiger partial charge in [-0.25, -0.2) is 4.79 Å². The number of carbonyl (C=O) groups is 2. The molecule has 4 heteroatoms. The van der Waals surface area contributed by atoms with Gasteiger partial charge in [0.05, 0.1) is 6.54 Å². The van der Waals surface area contributed by atoms with Gasteiger partial charge in [0.2, 0.25) is 0 Å². The van der Waals surface area contributed by atoms with Gasteiger partial charge in [0.15, 0.2) is 0 Å². The van der Waals surface area contributed by atoms with Crippen LogP contribution in [0.2, 0.25) is 0 Å². The number of hydrogen-bond acceptors (Lipinski definition) is 2. The van der Waals surface area contributed by atoms with E-state index in [-0.39, 0.29) is 12.6 Å². The maximum atomic E-state index is 11.4. The predicted octanol–water partition coefficient (Wildman–Crippen LogP) is 1.34. The van der Waals surface area contributed by atoms with E-state index in [4.69, 9.17) is 0 Å². The van der Waals surface area contributed by atoms with Crippen molar-refractivity contribution < 1.29 is 9.59 Å². The van der Waals surface area contributed by atoms with Crippen LogP contribution in [0.3, 0.4) is 0 Å². The second kappa shape index (κ2) is 5.14. The zero-order valence-electron chi connectivity index (χ0n) is 8.86. The average molecular weight is 206 g/mol. The molecule has 0 aliphatic heterocycles. The fraction of sp³-hybridized carbons (Fsp3) is 0.273. The third-order valence-corrected chi connectivity index (χ3v) is 2.06. The SMILES string of the molecule is Cc1ccc(N(C)C(=O)NCC=O)cc1. The molecule has 0 saturated heterocycles. The van der Waals surface area contributed by atoms with Crippen molar-refractivity contribution in [3.63, 3.8) is 0 Å². The van der Waals surface area contributed by atoms with E-state index >= 15 is 0 Å². The number of rotatable bonds is 3. The summed E-state index contributed by atoms with van der Waals surface area (Å²) in [6.45, 7) is 2.02. The molecule has 0 radical (unpaired) electrons. The van der Waals surface area contributed by atoms with Crippen molar-refractivity contribution in [2.45, 2.75) is 6.92 Å². The smallest absolute Gasteiger partial charge is 0.321 e. The number of nitrogens with one attached hydrogen (secondary N) is 1. The summed E-state index contributed by atoms with van der Waals surface area (Å²) in [4.78, 5) is 23.0. The van der Waals surface area contributed by atoms with Crippen LogP contribution >= 0.6 is 0 Å². The fourth-order valence-corrected chi connectivity index (χ4v) is 1.13. The zero-order valence-corrected chi connectivity index (χ0v) is 8.86. The van der Waals surface area contributed by atoms with Gasteiger partial charge >= 0.3 is 6.03 Å². The maximum absolute atomic E-state index is 11.4. The number of aryl methyl sites for hydroxylation is 1. The first-order valence-electron chi connectivity index (χ1n) is 4.67. The molecule has 0 atom stereocenters. The molecule has 0 spiro atoms. The van der Waals surface area contributed by atoms with E-state index in [0.717, 1.165) is 11.3 Å². The lowest BCUT2D eigenvalue weighted by molar-refractivity contribution is -0.107. The molecule has 0 aliphatic rings. The number of urea groups is 1. The Hall–Kier alpha value is -1.84. The van der Waals surface area contributed by atoms with Crippen LogP contribution in [0.5, 0.6) is 0 Å². The lowest BCUT2D eigenvalue weighted by Crippen LogP contribution is -2.38. The molecule has 1 aromatic carbocycles. The quantitative estimate of drug-likeness (QED) is 0.759. The van der Waals surface area contributed by atoms with Crippen LogP contribution in [0.15, 0.2) is 24.3 Å². The van der Waals surface area contributed by atoms with Crippen LogP contribution in [0, 0.1) is 6.92 Å². The first-order chi connectivity index (χ1) is 7.15. The molecule has 0 bridgehead atoms. The summed E-state index contributed by atoms with van der Waals surface area (Å²) in [6.07, 6.45) is 0.654. The van der Waals surface area contributed by atoms with Crippen LogP contribution in [0.25, 0.3) is 0 Å². The highest BCUT2D eigenvalue weighted by molar-refractivity contribution is 5.92. The largest absolute Gasteiger partial charge is 0.331 e. The third-order valence-electron chi connectivity index (χ3n) is 2.06. The van der Waals surface area contributed by atoms with Crippen molar-refractivity contribution >= 4 is 18.0 Å². The Morgan fingerprint density at radius 3 is 2.53 bits per heavy atom. The minimum atomic E-state index is -0.286. The van der Waals surface area contributed by atoms with Crippen molar-refractivity contribution in [1.29, 1.82) is 0 Å². The molecule has 0 unspecified atom stereocenters. The van der Waals surface area contributed by atoms with Crippen LogP contribution in [0.1, 0.15) is 5.56 Å². The van der Waals surface area contributed by atoms with Gasteiger partial charge < -0.3 is 10.1 Å². The van der Waals surface area contributed by atoms with Crippen molar-refractivity contribution in [1.82, 2.24) is 5.32 Å². The van der Waals surface area contributed by atoms with Crippen LogP contribution in [-0.2, 0) is 4.79 Å². The Morgan fingerprint density at radius 1 is 1.40 bits per heavy atom. The second-order valence-electron chi connectivity index (χ2n) is 3.25. The number of nitrogens with zero attached hydrogens (tertiary/aromatic N) is 1. The molecule has 80 valence electrons. The van der Waals surface area contributed by atoms with Gasteiger partial charge in [-0.1, -0.05) is 17.7 Å². The van der Waals surface area contributed by atoms with Gasteiger partial charge in [-0.15, -0.1) is 0 Å². The van der Waals surface area contributed by atoms with E-state index in [9.17, 15) is 9.59 Å². The van der Waals surface area contributed by atoms with E-state index in [1.54, 1.807) is 7.05 Å². The molecule has 4 nitrogen and oxygen atoms in total. The molecule has 1 N–H and O–H groups in total. The Kier molecular flexibility index (Phi) is 3.85. The lowest BCUT2D eigenvalue weighted by atomic mass is 10.2. The van der Waals surface area contributed by atoms with Crippen LogP contribution in [0.4, 0.5) is 10.5 Å². The molecular weight excluding hydrogens is 192 g/mol. The Labute approximate surface area is 88.9 Å². The first-order valence-corrected chi connectivity index (χ1v) is 4.67. The van der Waals surface area contributed by atoms with Crippen molar-refractivity contribution in [2.24, 2.45) is 0 Å². The number of benzene rings is 1. The maximum Gasteiger partial charge on any atom is 0.321 e. The average Bonchev–Trinajstić information content (AvgIpc) is 2.26. The van der Waals surface area contributed by atoms with Crippen LogP contribution in [-0.4, -0.2) is 25.9 Å². The van der Waals surface area contributed by atoms with Gasteiger partial charge in [0, 0.05) is 12.7 Å². The standard InChI is InChI=1S/C11H14N2O2/c1-9-3-5-10(6-4-9)13(2)11(15)12-7-8-14/h3-6,8H,7H2,1-2H3,(H,12,15). The normalized spacial score (nSPS) is 9.47. The Bertz CT molecular complexity index is 346. The molecule has 1 aromatic rings. The summed E-state index contributed by atoms with van der Waals surface area (Å²) in [5.74, 6) is 0. The van der Waals surface area contributed by atoms with Gasteiger partial charge in [-0.3, -0.25) is 4.90 Å². The van der Waals surface area contributed by atoms with Crippen LogP contribution < -0.4 is 10.2 Å². The zero-order chi connectivity index (χ0) is 11.3. The molecule has 0 aliphatic carbocycles. The monoisotopic (exact) mass is 206 g/mol. The van der Waals surface area contributed by atoms with Crippen molar-refractivity contribution in [2.75, 3.05) is 18.5 Å². The highest BCUT2D eigenvalue weighted by atomic mass is 16.2. The summed E-state index contributed by atoms with van der Waals surface area (Å²) in [5, 5.41) is 2.46. The summed E-state index contributed by atoms with van der Waals surface area (Å²) in [5.41, 5.74) is 1.93. The second-order valence-corrected chi connectivity index (χ2v) is 3.25. The number of anilines is 1. The molecule has 2 amide bonds. The minimum Gasteiger partial charge on any atom is -0.331 e. The summed E-state index contributed by atoms with van der Waals surface area (Å²) < 4.78 is 0. The van der Waals surface area contributed by atoms with Crippen molar-refractivity contribution in [3.05, 3.63) is 29.8 Å². The molecule has 1 rings (SSSR count). The predicted molar refractivity (Wildman–Crippen MR) is 59.0 cm³/mol. The van der Waals surface area contributed by atoms with E-state index in [1.165, 1.54) is 4.90 Å². The van der Waals surface area contributed by atoms with E-state index in [0.29, 0.717) is 6.29 Å². The lowest BCUT2D eigenvalue weighted by Gasteiger charge is -2.17.